The highest BCUT2D eigenvalue weighted by Gasteiger charge is 2.20. The van der Waals surface area contributed by atoms with Crippen LogP contribution in [0.1, 0.15) is 75.4 Å². The number of aryl methyl sites for hydroxylation is 1. The highest BCUT2D eigenvalue weighted by molar-refractivity contribution is 6.09. The van der Waals surface area contributed by atoms with Gasteiger partial charge < -0.3 is 14.6 Å². The summed E-state index contributed by atoms with van der Waals surface area (Å²) in [4.78, 5) is 35.1. The topological polar surface area (TPSA) is 117 Å². The second kappa shape index (κ2) is 13.2. The fourth-order valence-electron chi connectivity index (χ4n) is 2.75. The third-order valence-corrected chi connectivity index (χ3v) is 4.48. The van der Waals surface area contributed by atoms with Crippen molar-refractivity contribution in [1.82, 2.24) is 5.32 Å². The van der Waals surface area contributed by atoms with E-state index in [0.717, 1.165) is 31.3 Å². The number of carbonyl (C=O) groups excluding carboxylic acids is 1. The van der Waals surface area contributed by atoms with Gasteiger partial charge in [-0.3, -0.25) is 10.1 Å². The molecule has 7 nitrogen and oxygen atoms in total. The van der Waals surface area contributed by atoms with Gasteiger partial charge in [-0.2, -0.15) is 0 Å². The molecule has 7 heteroatoms. The zero-order valence-corrected chi connectivity index (χ0v) is 17.9. The molecule has 0 aliphatic carbocycles. The van der Waals surface area contributed by atoms with Crippen LogP contribution in [0.4, 0.5) is 4.79 Å². The molecule has 0 unspecified atom stereocenters. The minimum Gasteiger partial charge on any atom is -0.507 e. The molecule has 0 fully saturated rings. The van der Waals surface area contributed by atoms with E-state index in [1.807, 2.05) is 13.0 Å². The maximum atomic E-state index is 12.6. The van der Waals surface area contributed by atoms with Crippen molar-refractivity contribution in [1.29, 1.82) is 0 Å². The molecule has 30 heavy (non-hydrogen) atoms. The van der Waals surface area contributed by atoms with Crippen LogP contribution >= 0.6 is 0 Å². The molecule has 0 aliphatic heterocycles. The molecule has 0 aromatic carbocycles. The Hall–Kier alpha value is -3.09. The number of aromatic hydroxyl groups is 1. The van der Waals surface area contributed by atoms with Gasteiger partial charge in [0.1, 0.15) is 17.1 Å². The van der Waals surface area contributed by atoms with Gasteiger partial charge in [-0.05, 0) is 45.1 Å². The van der Waals surface area contributed by atoms with Gasteiger partial charge >= 0.3 is 11.7 Å². The van der Waals surface area contributed by atoms with Crippen molar-refractivity contribution in [2.75, 3.05) is 0 Å². The third-order valence-electron chi connectivity index (χ3n) is 4.48. The van der Waals surface area contributed by atoms with Crippen molar-refractivity contribution in [2.24, 2.45) is 0 Å². The maximum Gasteiger partial charge on any atom is 0.408 e. The van der Waals surface area contributed by atoms with E-state index in [2.05, 4.69) is 12.2 Å². The van der Waals surface area contributed by atoms with Gasteiger partial charge in [-0.1, -0.05) is 43.6 Å². The fraction of sp³-hybridized carbons (Fsp3) is 0.435. The Morgan fingerprint density at radius 1 is 1.17 bits per heavy atom. The van der Waals surface area contributed by atoms with E-state index in [-0.39, 0.29) is 11.3 Å². The summed E-state index contributed by atoms with van der Waals surface area (Å²) < 4.78 is 5.18. The molecule has 1 rings (SSSR count). The quantitative estimate of drug-likeness (QED) is 0.188. The molecule has 0 spiro atoms. The highest BCUT2D eigenvalue weighted by atomic mass is 16.4. The van der Waals surface area contributed by atoms with E-state index in [4.69, 9.17) is 9.52 Å². The number of rotatable bonds is 12. The number of unbranched alkanes of at least 4 members (excludes halogenated alkanes) is 3. The van der Waals surface area contributed by atoms with Crippen LogP contribution in [-0.4, -0.2) is 22.1 Å². The van der Waals surface area contributed by atoms with Crippen LogP contribution in [0.15, 0.2) is 50.9 Å². The number of hydrogen-bond acceptors (Lipinski definition) is 5. The number of nitrogens with one attached hydrogen (secondary N) is 1. The SMILES string of the molecule is CCCCC/C(C)=C/C=C(\C)C(=O)c1c(O)cc(CCC/C=C/NC(=O)O)oc1=O. The largest absolute Gasteiger partial charge is 0.507 e. The molecule has 164 valence electrons. The van der Waals surface area contributed by atoms with Crippen molar-refractivity contribution in [3.63, 3.8) is 0 Å². The van der Waals surface area contributed by atoms with Crippen molar-refractivity contribution < 1.29 is 24.2 Å². The van der Waals surface area contributed by atoms with Crippen molar-refractivity contribution >= 4 is 11.9 Å². The van der Waals surface area contributed by atoms with E-state index in [0.29, 0.717) is 24.8 Å². The third kappa shape index (κ3) is 8.94. The van der Waals surface area contributed by atoms with Crippen molar-refractivity contribution in [2.45, 2.75) is 65.7 Å². The summed E-state index contributed by atoms with van der Waals surface area (Å²) in [6.07, 6.45) is 11.2. The monoisotopic (exact) mass is 417 g/mol. The molecule has 0 saturated heterocycles. The van der Waals surface area contributed by atoms with Gasteiger partial charge in [-0.15, -0.1) is 0 Å². The van der Waals surface area contributed by atoms with Gasteiger partial charge in [0.2, 0.25) is 0 Å². The minimum absolute atomic E-state index is 0.266. The normalized spacial score (nSPS) is 12.4. The standard InChI is InChI=1S/C23H31NO6/c1-4-5-7-10-16(2)12-13-17(3)21(26)20-19(25)15-18(30-22(20)27)11-8-6-9-14-24-23(28)29/h9,12-15,24-25H,4-8,10-11H2,1-3H3,(H,28,29)/b14-9+,16-12+,17-13+. The van der Waals surface area contributed by atoms with Crippen LogP contribution in [0, 0.1) is 0 Å². The van der Waals surface area contributed by atoms with Gasteiger partial charge in [0.05, 0.1) is 0 Å². The number of Topliss-reactive ketones (excluding diaryl/α,β-unsaturated/α-hetero) is 1. The lowest BCUT2D eigenvalue weighted by Gasteiger charge is -2.05. The van der Waals surface area contributed by atoms with Gasteiger partial charge in [-0.25, -0.2) is 9.59 Å². The Morgan fingerprint density at radius 2 is 1.90 bits per heavy atom. The average Bonchev–Trinajstić information content (AvgIpc) is 2.68. The summed E-state index contributed by atoms with van der Waals surface area (Å²) in [5.41, 5.74) is 0.260. The smallest absolute Gasteiger partial charge is 0.408 e. The number of amides is 1. The number of allylic oxidation sites excluding steroid dienone is 5. The highest BCUT2D eigenvalue weighted by Crippen LogP contribution is 2.20. The van der Waals surface area contributed by atoms with Crippen molar-refractivity contribution in [3.8, 4) is 5.75 Å². The minimum atomic E-state index is -1.14. The predicted molar refractivity (Wildman–Crippen MR) is 116 cm³/mol. The average molecular weight is 418 g/mol. The summed E-state index contributed by atoms with van der Waals surface area (Å²) in [6.45, 7) is 5.74. The fourth-order valence-corrected chi connectivity index (χ4v) is 2.75. The molecule has 1 heterocycles. The summed E-state index contributed by atoms with van der Waals surface area (Å²) in [5, 5.41) is 20.7. The Morgan fingerprint density at radius 3 is 2.53 bits per heavy atom. The first-order valence-electron chi connectivity index (χ1n) is 10.2. The van der Waals surface area contributed by atoms with Crippen molar-refractivity contribution in [3.05, 3.63) is 63.4 Å². The molecule has 0 radical (unpaired) electrons. The zero-order chi connectivity index (χ0) is 22.5. The van der Waals surface area contributed by atoms with Gasteiger partial charge in [0.25, 0.3) is 0 Å². The molecule has 0 saturated carbocycles. The molecular formula is C23H31NO6. The Bertz CT molecular complexity index is 876. The van der Waals surface area contributed by atoms with Gasteiger partial charge in [0, 0.05) is 18.7 Å². The molecule has 1 aromatic heterocycles. The first kappa shape index (κ1) is 24.9. The molecule has 1 amide bonds. The van der Waals surface area contributed by atoms with Crippen LogP contribution in [0.5, 0.6) is 5.75 Å². The van der Waals surface area contributed by atoms with E-state index < -0.39 is 23.3 Å². The maximum absolute atomic E-state index is 12.6. The predicted octanol–water partition coefficient (Wildman–Crippen LogP) is 5.11. The number of carboxylic acid groups (broad SMARTS) is 1. The lowest BCUT2D eigenvalue weighted by atomic mass is 10.0. The van der Waals surface area contributed by atoms with E-state index in [9.17, 15) is 19.5 Å². The van der Waals surface area contributed by atoms with Crippen LogP contribution in [0.2, 0.25) is 0 Å². The number of ketones is 1. The van der Waals surface area contributed by atoms with E-state index in [1.165, 1.54) is 12.3 Å². The lowest BCUT2D eigenvalue weighted by molar-refractivity contribution is 0.102. The van der Waals surface area contributed by atoms with E-state index in [1.54, 1.807) is 19.1 Å². The molecule has 0 aliphatic rings. The summed E-state index contributed by atoms with van der Waals surface area (Å²) in [6, 6.07) is 1.28. The summed E-state index contributed by atoms with van der Waals surface area (Å²) in [5.74, 6) is -0.694. The Kier molecular flexibility index (Phi) is 11.0. The van der Waals surface area contributed by atoms with Crippen LogP contribution in [0.25, 0.3) is 0 Å². The van der Waals surface area contributed by atoms with Crippen LogP contribution < -0.4 is 10.9 Å². The second-order valence-corrected chi connectivity index (χ2v) is 7.15. The van der Waals surface area contributed by atoms with Crippen LogP contribution in [-0.2, 0) is 6.42 Å². The molecule has 1 aromatic rings. The molecule has 0 bridgehead atoms. The summed E-state index contributed by atoms with van der Waals surface area (Å²) in [7, 11) is 0. The Balaban J connectivity index is 2.78. The second-order valence-electron chi connectivity index (χ2n) is 7.15. The molecule has 0 atom stereocenters. The first-order valence-corrected chi connectivity index (χ1v) is 10.2. The van der Waals surface area contributed by atoms with Crippen LogP contribution in [0.3, 0.4) is 0 Å². The number of carbonyl (C=O) groups is 2. The first-order chi connectivity index (χ1) is 14.3. The molecule has 3 N–H and O–H groups in total. The van der Waals surface area contributed by atoms with E-state index >= 15 is 0 Å². The molecular weight excluding hydrogens is 386 g/mol. The lowest BCUT2D eigenvalue weighted by Crippen LogP contribution is -2.16. The zero-order valence-electron chi connectivity index (χ0n) is 17.9. The van der Waals surface area contributed by atoms with Gasteiger partial charge in [0.15, 0.2) is 5.78 Å². The number of hydrogen-bond donors (Lipinski definition) is 3. The summed E-state index contributed by atoms with van der Waals surface area (Å²) >= 11 is 0. The Labute approximate surface area is 176 Å².